The van der Waals surface area contributed by atoms with Crippen molar-refractivity contribution in [3.63, 3.8) is 0 Å². The van der Waals surface area contributed by atoms with Crippen LogP contribution in [0.4, 0.5) is 10.5 Å². The Morgan fingerprint density at radius 1 is 1.26 bits per heavy atom. The zero-order valence-corrected chi connectivity index (χ0v) is 14.3. The van der Waals surface area contributed by atoms with Crippen molar-refractivity contribution >= 4 is 33.9 Å². The first-order valence-corrected chi connectivity index (χ1v) is 8.06. The van der Waals surface area contributed by atoms with Crippen LogP contribution in [-0.4, -0.2) is 18.9 Å². The number of nitrogens with one attached hydrogen (secondary N) is 2. The third kappa shape index (κ3) is 5.75. The Labute approximate surface area is 143 Å². The van der Waals surface area contributed by atoms with Crippen molar-refractivity contribution in [3.8, 4) is 5.75 Å². The SMILES string of the molecule is CCCOc1ccc(/C=N/NC(=O)Nc2ccccc2)cc1Br. The normalized spacial score (nSPS) is 10.5. The first kappa shape index (κ1) is 17.0. The summed E-state index contributed by atoms with van der Waals surface area (Å²) in [6, 6.07) is 14.4. The van der Waals surface area contributed by atoms with Crippen molar-refractivity contribution in [3.05, 3.63) is 58.6 Å². The van der Waals surface area contributed by atoms with Crippen molar-refractivity contribution < 1.29 is 9.53 Å². The molecule has 0 unspecified atom stereocenters. The Kier molecular flexibility index (Phi) is 6.62. The van der Waals surface area contributed by atoms with E-state index in [1.54, 1.807) is 18.3 Å². The minimum Gasteiger partial charge on any atom is -0.492 e. The van der Waals surface area contributed by atoms with E-state index in [4.69, 9.17) is 4.74 Å². The Bertz CT molecular complexity index is 675. The van der Waals surface area contributed by atoms with E-state index in [1.165, 1.54) is 0 Å². The number of hydrogen-bond donors (Lipinski definition) is 2. The van der Waals surface area contributed by atoms with Crippen LogP contribution in [0.5, 0.6) is 5.75 Å². The maximum Gasteiger partial charge on any atom is 0.339 e. The summed E-state index contributed by atoms with van der Waals surface area (Å²) in [6.45, 7) is 2.73. The molecule has 2 aromatic rings. The number of halogens is 1. The highest BCUT2D eigenvalue weighted by Crippen LogP contribution is 2.25. The second kappa shape index (κ2) is 8.95. The van der Waals surface area contributed by atoms with Crippen LogP contribution in [0.25, 0.3) is 0 Å². The highest BCUT2D eigenvalue weighted by atomic mass is 79.9. The van der Waals surface area contributed by atoms with E-state index >= 15 is 0 Å². The number of hydrazone groups is 1. The molecular formula is C17H18BrN3O2. The number of benzene rings is 2. The van der Waals surface area contributed by atoms with Crippen LogP contribution in [0.3, 0.4) is 0 Å². The van der Waals surface area contributed by atoms with E-state index in [0.717, 1.165) is 22.2 Å². The largest absolute Gasteiger partial charge is 0.492 e. The molecule has 0 saturated heterocycles. The average Bonchev–Trinajstić information content (AvgIpc) is 2.55. The molecule has 0 heterocycles. The summed E-state index contributed by atoms with van der Waals surface area (Å²) >= 11 is 3.46. The van der Waals surface area contributed by atoms with Crippen LogP contribution in [0.2, 0.25) is 0 Å². The molecule has 0 aliphatic heterocycles. The molecule has 2 rings (SSSR count). The number of amides is 2. The monoisotopic (exact) mass is 375 g/mol. The van der Waals surface area contributed by atoms with Gasteiger partial charge in [-0.1, -0.05) is 25.1 Å². The fourth-order valence-corrected chi connectivity index (χ4v) is 2.28. The first-order chi connectivity index (χ1) is 11.2. The van der Waals surface area contributed by atoms with Crippen LogP contribution in [0.1, 0.15) is 18.9 Å². The molecule has 0 atom stereocenters. The van der Waals surface area contributed by atoms with Crippen LogP contribution in [0, 0.1) is 0 Å². The van der Waals surface area contributed by atoms with Crippen LogP contribution < -0.4 is 15.5 Å². The number of nitrogens with zero attached hydrogens (tertiary/aromatic N) is 1. The number of carbonyl (C=O) groups is 1. The van der Waals surface area contributed by atoms with Gasteiger partial charge in [0.05, 0.1) is 17.3 Å². The molecular weight excluding hydrogens is 358 g/mol. The zero-order chi connectivity index (χ0) is 16.5. The van der Waals surface area contributed by atoms with E-state index in [-0.39, 0.29) is 0 Å². The third-order valence-corrected chi connectivity index (χ3v) is 3.45. The van der Waals surface area contributed by atoms with Gasteiger partial charge < -0.3 is 10.1 Å². The van der Waals surface area contributed by atoms with Gasteiger partial charge in [0.2, 0.25) is 0 Å². The molecule has 2 amide bonds. The van der Waals surface area contributed by atoms with Gasteiger partial charge in [-0.25, -0.2) is 10.2 Å². The molecule has 0 aliphatic rings. The van der Waals surface area contributed by atoms with Gasteiger partial charge in [0.15, 0.2) is 0 Å². The number of rotatable bonds is 6. The van der Waals surface area contributed by atoms with Gasteiger partial charge in [0.25, 0.3) is 0 Å². The Morgan fingerprint density at radius 3 is 2.74 bits per heavy atom. The maximum absolute atomic E-state index is 11.7. The number of hydrogen-bond acceptors (Lipinski definition) is 3. The Hall–Kier alpha value is -2.34. The van der Waals surface area contributed by atoms with Crippen molar-refractivity contribution in [2.45, 2.75) is 13.3 Å². The average molecular weight is 376 g/mol. The summed E-state index contributed by atoms with van der Waals surface area (Å²) in [5, 5.41) is 6.60. The molecule has 2 aromatic carbocycles. The molecule has 5 nitrogen and oxygen atoms in total. The lowest BCUT2D eigenvalue weighted by atomic mass is 10.2. The fraction of sp³-hybridized carbons (Fsp3) is 0.176. The van der Waals surface area contributed by atoms with Gasteiger partial charge in [0.1, 0.15) is 5.75 Å². The molecule has 0 fully saturated rings. The van der Waals surface area contributed by atoms with Crippen molar-refractivity contribution in [2.24, 2.45) is 5.10 Å². The van der Waals surface area contributed by atoms with Gasteiger partial charge in [-0.2, -0.15) is 5.10 Å². The predicted octanol–water partition coefficient (Wildman–Crippen LogP) is 4.39. The van der Waals surface area contributed by atoms with Gasteiger partial charge in [-0.15, -0.1) is 0 Å². The number of urea groups is 1. The standard InChI is InChI=1S/C17H18BrN3O2/c1-2-10-23-16-9-8-13(11-15(16)18)12-19-21-17(22)20-14-6-4-3-5-7-14/h3-9,11-12H,2,10H2,1H3,(H2,20,21,22)/b19-12+. The molecule has 23 heavy (non-hydrogen) atoms. The first-order valence-electron chi connectivity index (χ1n) is 7.26. The summed E-state index contributed by atoms with van der Waals surface area (Å²) in [5.74, 6) is 0.791. The quantitative estimate of drug-likeness (QED) is 0.580. The topological polar surface area (TPSA) is 62.7 Å². The highest BCUT2D eigenvalue weighted by Gasteiger charge is 2.02. The number of anilines is 1. The molecule has 0 bridgehead atoms. The van der Waals surface area contributed by atoms with Gasteiger partial charge in [0, 0.05) is 5.69 Å². The second-order valence-electron chi connectivity index (χ2n) is 4.73. The number of carbonyl (C=O) groups excluding carboxylic acids is 1. The molecule has 120 valence electrons. The lowest BCUT2D eigenvalue weighted by Crippen LogP contribution is -2.24. The van der Waals surface area contributed by atoms with E-state index in [9.17, 15) is 4.79 Å². The number of ether oxygens (including phenoxy) is 1. The Morgan fingerprint density at radius 2 is 2.04 bits per heavy atom. The molecule has 0 aromatic heterocycles. The summed E-state index contributed by atoms with van der Waals surface area (Å²) in [7, 11) is 0. The zero-order valence-electron chi connectivity index (χ0n) is 12.8. The minimum atomic E-state index is -0.394. The van der Waals surface area contributed by atoms with Gasteiger partial charge in [-0.05, 0) is 58.2 Å². The molecule has 2 N–H and O–H groups in total. The summed E-state index contributed by atoms with van der Waals surface area (Å²) in [4.78, 5) is 11.7. The second-order valence-corrected chi connectivity index (χ2v) is 5.58. The lowest BCUT2D eigenvalue weighted by molar-refractivity contribution is 0.252. The Balaban J connectivity index is 1.87. The third-order valence-electron chi connectivity index (χ3n) is 2.83. The fourth-order valence-electron chi connectivity index (χ4n) is 1.77. The molecule has 0 spiro atoms. The van der Waals surface area contributed by atoms with Crippen molar-refractivity contribution in [1.29, 1.82) is 0 Å². The maximum atomic E-state index is 11.7. The minimum absolute atomic E-state index is 0.394. The molecule has 0 saturated carbocycles. The van der Waals surface area contributed by atoms with E-state index in [1.807, 2.05) is 36.4 Å². The van der Waals surface area contributed by atoms with E-state index in [2.05, 4.69) is 38.7 Å². The molecule has 6 heteroatoms. The van der Waals surface area contributed by atoms with Crippen molar-refractivity contribution in [2.75, 3.05) is 11.9 Å². The van der Waals surface area contributed by atoms with E-state index < -0.39 is 6.03 Å². The van der Waals surface area contributed by atoms with Crippen LogP contribution >= 0.6 is 15.9 Å². The summed E-state index contributed by atoms with van der Waals surface area (Å²) in [6.07, 6.45) is 2.52. The van der Waals surface area contributed by atoms with Gasteiger partial charge >= 0.3 is 6.03 Å². The predicted molar refractivity (Wildman–Crippen MR) is 96.1 cm³/mol. The summed E-state index contributed by atoms with van der Waals surface area (Å²) in [5.41, 5.74) is 3.98. The van der Waals surface area contributed by atoms with Crippen molar-refractivity contribution in [1.82, 2.24) is 5.43 Å². The van der Waals surface area contributed by atoms with Gasteiger partial charge in [-0.3, -0.25) is 0 Å². The lowest BCUT2D eigenvalue weighted by Gasteiger charge is -2.07. The number of para-hydroxylation sites is 1. The molecule has 0 radical (unpaired) electrons. The van der Waals surface area contributed by atoms with Crippen LogP contribution in [-0.2, 0) is 0 Å². The van der Waals surface area contributed by atoms with Crippen LogP contribution in [0.15, 0.2) is 58.1 Å². The van der Waals surface area contributed by atoms with E-state index in [0.29, 0.717) is 12.3 Å². The smallest absolute Gasteiger partial charge is 0.339 e. The highest BCUT2D eigenvalue weighted by molar-refractivity contribution is 9.10. The molecule has 0 aliphatic carbocycles. The summed E-state index contributed by atoms with van der Waals surface area (Å²) < 4.78 is 6.43.